The summed E-state index contributed by atoms with van der Waals surface area (Å²) in [5, 5.41) is 3.91. The van der Waals surface area contributed by atoms with Crippen LogP contribution in [-0.2, 0) is 16.1 Å². The Kier molecular flexibility index (Phi) is 9.43. The number of aryl methyl sites for hydroxylation is 1. The first-order chi connectivity index (χ1) is 14.9. The average Bonchev–Trinajstić information content (AvgIpc) is 2.68. The number of amides is 2. The molecular formula is C24H29BrCl2N2O3. The molecule has 174 valence electrons. The van der Waals surface area contributed by atoms with Crippen LogP contribution in [0.4, 0.5) is 0 Å². The lowest BCUT2D eigenvalue weighted by Gasteiger charge is -2.33. The Labute approximate surface area is 208 Å². The van der Waals surface area contributed by atoms with Crippen LogP contribution in [0.5, 0.6) is 5.75 Å². The van der Waals surface area contributed by atoms with Gasteiger partial charge < -0.3 is 15.0 Å². The normalized spacial score (nSPS) is 12.2. The molecule has 0 aromatic heterocycles. The van der Waals surface area contributed by atoms with Gasteiger partial charge in [0.2, 0.25) is 5.91 Å². The zero-order valence-corrected chi connectivity index (χ0v) is 22.1. The van der Waals surface area contributed by atoms with E-state index in [0.717, 1.165) is 10.0 Å². The fraction of sp³-hybridized carbons (Fsp3) is 0.417. The summed E-state index contributed by atoms with van der Waals surface area (Å²) in [6.07, 6.45) is 0.441. The van der Waals surface area contributed by atoms with Crippen LogP contribution in [0, 0.1) is 6.92 Å². The molecule has 0 aliphatic carbocycles. The van der Waals surface area contributed by atoms with Crippen molar-refractivity contribution in [2.45, 2.75) is 59.2 Å². The number of ether oxygens (including phenoxy) is 1. The number of rotatable bonds is 8. The number of hydrogen-bond acceptors (Lipinski definition) is 3. The fourth-order valence-electron chi connectivity index (χ4n) is 3.14. The Morgan fingerprint density at radius 3 is 2.41 bits per heavy atom. The van der Waals surface area contributed by atoms with Crippen molar-refractivity contribution in [3.63, 3.8) is 0 Å². The predicted molar refractivity (Wildman–Crippen MR) is 133 cm³/mol. The van der Waals surface area contributed by atoms with Crippen molar-refractivity contribution in [3.05, 3.63) is 62.0 Å². The average molecular weight is 544 g/mol. The van der Waals surface area contributed by atoms with Gasteiger partial charge in [-0.15, -0.1) is 0 Å². The summed E-state index contributed by atoms with van der Waals surface area (Å²) in [7, 11) is 0. The second-order valence-electron chi connectivity index (χ2n) is 8.62. The van der Waals surface area contributed by atoms with Crippen LogP contribution < -0.4 is 10.1 Å². The first kappa shape index (κ1) is 26.5. The first-order valence-electron chi connectivity index (χ1n) is 10.4. The summed E-state index contributed by atoms with van der Waals surface area (Å²) in [5.74, 6) is 0.0427. The first-order valence-corrected chi connectivity index (χ1v) is 11.9. The molecule has 0 saturated carbocycles. The summed E-state index contributed by atoms with van der Waals surface area (Å²) in [5.41, 5.74) is 1.27. The summed E-state index contributed by atoms with van der Waals surface area (Å²) >= 11 is 15.8. The number of nitrogens with one attached hydrogen (secondary N) is 1. The van der Waals surface area contributed by atoms with E-state index in [1.807, 2.05) is 46.8 Å². The third-order valence-corrected chi connectivity index (χ3v) is 6.21. The number of hydrogen-bond donors (Lipinski definition) is 1. The number of carbonyl (C=O) groups is 2. The van der Waals surface area contributed by atoms with Gasteiger partial charge in [-0.1, -0.05) is 52.1 Å². The molecule has 0 radical (unpaired) electrons. The molecule has 2 aromatic rings. The van der Waals surface area contributed by atoms with Gasteiger partial charge in [-0.05, 0) is 75.6 Å². The molecule has 0 unspecified atom stereocenters. The third-order valence-electron chi connectivity index (χ3n) is 4.73. The van der Waals surface area contributed by atoms with Crippen molar-refractivity contribution < 1.29 is 14.3 Å². The van der Waals surface area contributed by atoms with Gasteiger partial charge in [0.15, 0.2) is 6.61 Å². The minimum absolute atomic E-state index is 0.160. The van der Waals surface area contributed by atoms with Crippen LogP contribution >= 0.6 is 39.1 Å². The molecule has 0 aliphatic heterocycles. The van der Waals surface area contributed by atoms with Crippen LogP contribution in [-0.4, -0.2) is 34.9 Å². The lowest BCUT2D eigenvalue weighted by Crippen LogP contribution is -2.54. The van der Waals surface area contributed by atoms with E-state index in [4.69, 9.17) is 27.9 Å². The summed E-state index contributed by atoms with van der Waals surface area (Å²) in [6.45, 7) is 9.48. The van der Waals surface area contributed by atoms with Crippen molar-refractivity contribution in [2.24, 2.45) is 0 Å². The molecule has 0 spiro atoms. The molecule has 0 fully saturated rings. The van der Waals surface area contributed by atoms with E-state index < -0.39 is 11.6 Å². The van der Waals surface area contributed by atoms with Gasteiger partial charge in [-0.3, -0.25) is 9.59 Å². The Bertz CT molecular complexity index is 976. The molecule has 2 aromatic carbocycles. The highest BCUT2D eigenvalue weighted by Crippen LogP contribution is 2.25. The van der Waals surface area contributed by atoms with E-state index >= 15 is 0 Å². The van der Waals surface area contributed by atoms with E-state index in [1.165, 1.54) is 4.90 Å². The molecule has 8 heteroatoms. The maximum absolute atomic E-state index is 13.3. The SMILES string of the molecule is CC[C@H](C(=O)NC(C)(C)C)N(Cc1ccc(Cl)cc1Cl)C(=O)COc1ccc(Br)c(C)c1. The molecule has 1 atom stereocenters. The number of carbonyl (C=O) groups excluding carboxylic acids is 2. The molecule has 0 aliphatic rings. The van der Waals surface area contributed by atoms with E-state index in [1.54, 1.807) is 24.3 Å². The van der Waals surface area contributed by atoms with Gasteiger partial charge in [-0.2, -0.15) is 0 Å². The number of nitrogens with zero attached hydrogens (tertiary/aromatic N) is 1. The van der Waals surface area contributed by atoms with E-state index in [2.05, 4.69) is 21.2 Å². The molecule has 32 heavy (non-hydrogen) atoms. The van der Waals surface area contributed by atoms with Gasteiger partial charge in [-0.25, -0.2) is 0 Å². The van der Waals surface area contributed by atoms with Crippen LogP contribution in [0.15, 0.2) is 40.9 Å². The lowest BCUT2D eigenvalue weighted by molar-refractivity contribution is -0.143. The van der Waals surface area contributed by atoms with Gasteiger partial charge in [0, 0.05) is 26.6 Å². The minimum atomic E-state index is -0.677. The molecule has 0 heterocycles. The number of halogens is 3. The van der Waals surface area contributed by atoms with Gasteiger partial charge >= 0.3 is 0 Å². The second-order valence-corrected chi connectivity index (χ2v) is 10.3. The Hall–Kier alpha value is -1.76. The Morgan fingerprint density at radius 1 is 1.16 bits per heavy atom. The smallest absolute Gasteiger partial charge is 0.261 e. The van der Waals surface area contributed by atoms with Crippen LogP contribution in [0.2, 0.25) is 10.0 Å². The quantitative estimate of drug-likeness (QED) is 0.433. The molecule has 2 rings (SSSR count). The standard InChI is InChI=1S/C24H29BrCl2N2O3/c1-6-21(23(31)28-24(3,4)5)29(13-16-7-8-17(26)12-20(16)27)22(30)14-32-18-9-10-19(25)15(2)11-18/h7-12,21H,6,13-14H2,1-5H3,(H,28,31)/t21-/m1/s1. The zero-order chi connectivity index (χ0) is 24.1. The molecule has 1 N–H and O–H groups in total. The van der Waals surface area contributed by atoms with E-state index in [0.29, 0.717) is 27.8 Å². The minimum Gasteiger partial charge on any atom is -0.484 e. The summed E-state index contributed by atoms with van der Waals surface area (Å²) < 4.78 is 6.71. The predicted octanol–water partition coefficient (Wildman–Crippen LogP) is 6.17. The summed E-state index contributed by atoms with van der Waals surface area (Å²) in [6, 6.07) is 9.92. The van der Waals surface area contributed by atoms with E-state index in [9.17, 15) is 9.59 Å². The molecule has 0 bridgehead atoms. The second kappa shape index (κ2) is 11.4. The molecular weight excluding hydrogens is 515 g/mol. The van der Waals surface area contributed by atoms with Crippen molar-refractivity contribution >= 4 is 50.9 Å². The highest BCUT2D eigenvalue weighted by Gasteiger charge is 2.31. The Morgan fingerprint density at radius 2 is 1.84 bits per heavy atom. The molecule has 0 saturated heterocycles. The third kappa shape index (κ3) is 7.68. The van der Waals surface area contributed by atoms with Gasteiger partial charge in [0.05, 0.1) is 0 Å². The Balaban J connectivity index is 2.29. The van der Waals surface area contributed by atoms with Crippen molar-refractivity contribution in [1.29, 1.82) is 0 Å². The largest absolute Gasteiger partial charge is 0.484 e. The monoisotopic (exact) mass is 542 g/mol. The molecule has 5 nitrogen and oxygen atoms in total. The maximum atomic E-state index is 13.3. The summed E-state index contributed by atoms with van der Waals surface area (Å²) in [4.78, 5) is 27.8. The zero-order valence-electron chi connectivity index (χ0n) is 19.0. The maximum Gasteiger partial charge on any atom is 0.261 e. The topological polar surface area (TPSA) is 58.6 Å². The lowest BCUT2D eigenvalue weighted by atomic mass is 10.1. The van der Waals surface area contributed by atoms with Crippen molar-refractivity contribution in [1.82, 2.24) is 10.2 Å². The van der Waals surface area contributed by atoms with Gasteiger partial charge in [0.1, 0.15) is 11.8 Å². The van der Waals surface area contributed by atoms with Crippen LogP contribution in [0.25, 0.3) is 0 Å². The van der Waals surface area contributed by atoms with Crippen molar-refractivity contribution in [3.8, 4) is 5.75 Å². The number of benzene rings is 2. The van der Waals surface area contributed by atoms with Crippen LogP contribution in [0.3, 0.4) is 0 Å². The highest BCUT2D eigenvalue weighted by molar-refractivity contribution is 9.10. The van der Waals surface area contributed by atoms with Crippen molar-refractivity contribution in [2.75, 3.05) is 6.61 Å². The highest BCUT2D eigenvalue weighted by atomic mass is 79.9. The van der Waals surface area contributed by atoms with Gasteiger partial charge in [0.25, 0.3) is 5.91 Å². The van der Waals surface area contributed by atoms with E-state index in [-0.39, 0.29) is 25.0 Å². The molecule has 2 amide bonds. The van der Waals surface area contributed by atoms with Crippen LogP contribution in [0.1, 0.15) is 45.2 Å². The fourth-order valence-corrected chi connectivity index (χ4v) is 3.86.